The molecule has 1 unspecified atom stereocenters. The summed E-state index contributed by atoms with van der Waals surface area (Å²) in [6.07, 6.45) is 3.48. The van der Waals surface area contributed by atoms with E-state index in [1.807, 2.05) is 55.8 Å². The van der Waals surface area contributed by atoms with Crippen molar-refractivity contribution < 1.29 is 20.0 Å². The molecule has 0 saturated heterocycles. The van der Waals surface area contributed by atoms with Crippen LogP contribution in [0.1, 0.15) is 34.9 Å². The number of hydrogen-bond donors (Lipinski definition) is 3. The summed E-state index contributed by atoms with van der Waals surface area (Å²) >= 11 is 6.30. The van der Waals surface area contributed by atoms with Crippen molar-refractivity contribution in [3.8, 4) is 5.69 Å². The average molecular weight is 469 g/mol. The molecular formula is C24H25ClN4O4. The highest BCUT2D eigenvalue weighted by atomic mass is 35.5. The van der Waals surface area contributed by atoms with Crippen molar-refractivity contribution in [3.63, 3.8) is 0 Å². The number of carbonyl (C=O) groups excluding carboxylic acids is 1. The van der Waals surface area contributed by atoms with Crippen molar-refractivity contribution in [1.82, 2.24) is 9.78 Å². The van der Waals surface area contributed by atoms with Crippen LogP contribution in [0.15, 0.2) is 54.6 Å². The maximum atomic E-state index is 12.3. The number of rotatable bonds is 5. The van der Waals surface area contributed by atoms with Gasteiger partial charge in [-0.15, -0.1) is 0 Å². The molecular weight excluding hydrogens is 444 g/mol. The zero-order chi connectivity index (χ0) is 23.7. The van der Waals surface area contributed by atoms with E-state index in [4.69, 9.17) is 26.6 Å². The molecule has 0 fully saturated rings. The number of carbonyl (C=O) groups is 1. The van der Waals surface area contributed by atoms with Gasteiger partial charge in [0.2, 0.25) is 0 Å². The van der Waals surface area contributed by atoms with Gasteiger partial charge in [-0.25, -0.2) is 14.7 Å². The third-order valence-corrected chi connectivity index (χ3v) is 6.18. The molecule has 3 aromatic rings. The Morgan fingerprint density at radius 3 is 2.76 bits per heavy atom. The second-order valence-electron chi connectivity index (χ2n) is 8.11. The molecule has 3 atom stereocenters. The second kappa shape index (κ2) is 9.36. The van der Waals surface area contributed by atoms with Crippen molar-refractivity contribution >= 4 is 29.1 Å². The Morgan fingerprint density at radius 1 is 1.24 bits per heavy atom. The molecule has 1 heterocycles. The Kier molecular flexibility index (Phi) is 6.53. The predicted octanol–water partition coefficient (Wildman–Crippen LogP) is 4.52. The highest BCUT2D eigenvalue weighted by Gasteiger charge is 2.28. The molecule has 4 rings (SSSR count). The third kappa shape index (κ3) is 4.94. The molecule has 2 aromatic carbocycles. The molecule has 1 aliphatic carbocycles. The maximum Gasteiger partial charge on any atom is 0.412 e. The Bertz CT molecular complexity index is 1220. The standard InChI is InChI=1S/C24H25ClN4O4/c1-14-7-9-19(13-22(14)25)28-16(3)23(15(2)27-28)17-8-10-21(11-17)33-24(30)26-18-5-4-6-20(12-18)29(31)32/h4-10,12-13,17,21,29,31H,11H2,1-3H3,(H,26,30)/t17-,21-/m1/s1. The number of amides is 1. The highest BCUT2D eigenvalue weighted by molar-refractivity contribution is 6.31. The van der Waals surface area contributed by atoms with Crippen LogP contribution in [0.5, 0.6) is 0 Å². The lowest BCUT2D eigenvalue weighted by Gasteiger charge is -2.16. The molecule has 1 amide bonds. The van der Waals surface area contributed by atoms with Gasteiger partial charge in [-0.2, -0.15) is 10.3 Å². The molecule has 0 aliphatic heterocycles. The number of allylic oxidation sites excluding steroid dienone is 1. The monoisotopic (exact) mass is 468 g/mol. The fraction of sp³-hybridized carbons (Fsp3) is 0.250. The number of halogens is 1. The topological polar surface area (TPSA) is 104 Å². The molecule has 0 spiro atoms. The van der Waals surface area contributed by atoms with Crippen LogP contribution in [-0.2, 0) is 4.74 Å². The van der Waals surface area contributed by atoms with Gasteiger partial charge in [0, 0.05) is 34.3 Å². The lowest BCUT2D eigenvalue weighted by atomic mass is 9.96. The molecule has 8 nitrogen and oxygen atoms in total. The molecule has 172 valence electrons. The van der Waals surface area contributed by atoms with Crippen LogP contribution >= 0.6 is 11.6 Å². The van der Waals surface area contributed by atoms with Crippen molar-refractivity contribution in [1.29, 1.82) is 0 Å². The van der Waals surface area contributed by atoms with Crippen molar-refractivity contribution in [2.75, 3.05) is 5.32 Å². The molecule has 1 aliphatic rings. The lowest BCUT2D eigenvalue weighted by Crippen LogP contribution is -2.99. The summed E-state index contributed by atoms with van der Waals surface area (Å²) in [5, 5.41) is 27.1. The first-order valence-corrected chi connectivity index (χ1v) is 10.9. The number of quaternary nitrogens is 1. The van der Waals surface area contributed by atoms with Gasteiger partial charge in [0.15, 0.2) is 5.69 Å². The first kappa shape index (κ1) is 23.0. The molecule has 3 N–H and O–H groups in total. The van der Waals surface area contributed by atoms with Crippen LogP contribution < -0.4 is 10.5 Å². The molecule has 0 saturated carbocycles. The van der Waals surface area contributed by atoms with E-state index in [2.05, 4.69) is 5.32 Å². The Morgan fingerprint density at radius 2 is 2.03 bits per heavy atom. The fourth-order valence-electron chi connectivity index (χ4n) is 4.14. The van der Waals surface area contributed by atoms with Crippen molar-refractivity contribution in [3.05, 3.63) is 87.4 Å². The van der Waals surface area contributed by atoms with Crippen molar-refractivity contribution in [2.24, 2.45) is 0 Å². The smallest absolute Gasteiger partial charge is 0.412 e. The van der Waals surface area contributed by atoms with Crippen LogP contribution in [0, 0.1) is 26.0 Å². The Labute approximate surface area is 196 Å². The summed E-state index contributed by atoms with van der Waals surface area (Å²) in [7, 11) is 0. The minimum absolute atomic E-state index is 0.0628. The van der Waals surface area contributed by atoms with E-state index in [-0.39, 0.29) is 11.6 Å². The van der Waals surface area contributed by atoms with Gasteiger partial charge in [-0.3, -0.25) is 5.32 Å². The lowest BCUT2D eigenvalue weighted by molar-refractivity contribution is -0.991. The minimum atomic E-state index is -1.06. The Balaban J connectivity index is 1.43. The summed E-state index contributed by atoms with van der Waals surface area (Å²) < 4.78 is 7.43. The van der Waals surface area contributed by atoms with E-state index >= 15 is 0 Å². The van der Waals surface area contributed by atoms with Gasteiger partial charge in [0.1, 0.15) is 6.10 Å². The number of anilines is 1. The minimum Gasteiger partial charge on any atom is -0.595 e. The van der Waals surface area contributed by atoms with Crippen LogP contribution in [0.3, 0.4) is 0 Å². The first-order chi connectivity index (χ1) is 15.7. The van der Waals surface area contributed by atoms with Crippen LogP contribution in [-0.4, -0.2) is 27.2 Å². The van der Waals surface area contributed by atoms with E-state index in [1.165, 1.54) is 12.1 Å². The molecule has 33 heavy (non-hydrogen) atoms. The normalized spacial score (nSPS) is 18.4. The van der Waals surface area contributed by atoms with Gasteiger partial charge < -0.3 is 9.94 Å². The van der Waals surface area contributed by atoms with Crippen LogP contribution in [0.25, 0.3) is 5.69 Å². The largest absolute Gasteiger partial charge is 0.595 e. The van der Waals surface area contributed by atoms with Gasteiger partial charge in [-0.1, -0.05) is 29.8 Å². The third-order valence-electron chi connectivity index (χ3n) is 5.78. The number of nitrogens with one attached hydrogen (secondary N) is 2. The van der Waals surface area contributed by atoms with Crippen LogP contribution in [0.4, 0.5) is 16.2 Å². The van der Waals surface area contributed by atoms with Gasteiger partial charge >= 0.3 is 6.09 Å². The zero-order valence-corrected chi connectivity index (χ0v) is 19.3. The van der Waals surface area contributed by atoms with Crippen molar-refractivity contribution in [2.45, 2.75) is 39.2 Å². The van der Waals surface area contributed by atoms with Gasteiger partial charge in [-0.05, 0) is 57.0 Å². The SMILES string of the molecule is Cc1ccc(-n2nc(C)c([C@@H]3C=C[C@@H](OC(=O)Nc4cccc([NH+]([O-])O)c4)C3)c2C)cc1Cl. The summed E-state index contributed by atoms with van der Waals surface area (Å²) in [5.41, 5.74) is 5.38. The van der Waals surface area contributed by atoms with Gasteiger partial charge in [0.25, 0.3) is 0 Å². The second-order valence-corrected chi connectivity index (χ2v) is 8.52. The highest BCUT2D eigenvalue weighted by Crippen LogP contribution is 2.35. The average Bonchev–Trinajstić information content (AvgIpc) is 3.33. The maximum absolute atomic E-state index is 12.3. The predicted molar refractivity (Wildman–Crippen MR) is 125 cm³/mol. The van der Waals surface area contributed by atoms with E-state index in [1.54, 1.807) is 12.1 Å². The molecule has 9 heteroatoms. The number of aryl methyl sites for hydroxylation is 2. The number of ether oxygens (including phenoxy) is 1. The molecule has 0 radical (unpaired) electrons. The first-order valence-electron chi connectivity index (χ1n) is 10.5. The van der Waals surface area contributed by atoms with E-state index in [9.17, 15) is 10.0 Å². The summed E-state index contributed by atoms with van der Waals surface area (Å²) in [6.45, 7) is 5.95. The summed E-state index contributed by atoms with van der Waals surface area (Å²) in [4.78, 5) is 12.3. The number of aromatic nitrogens is 2. The fourth-order valence-corrected chi connectivity index (χ4v) is 4.31. The zero-order valence-electron chi connectivity index (χ0n) is 18.5. The summed E-state index contributed by atoms with van der Waals surface area (Å²) in [5.74, 6) is 0.0628. The van der Waals surface area contributed by atoms with E-state index in [0.717, 1.165) is 28.2 Å². The number of benzene rings is 2. The summed E-state index contributed by atoms with van der Waals surface area (Å²) in [6, 6.07) is 11.9. The number of nitrogens with zero attached hydrogens (tertiary/aromatic N) is 2. The molecule has 0 bridgehead atoms. The van der Waals surface area contributed by atoms with E-state index < -0.39 is 17.4 Å². The quantitative estimate of drug-likeness (QED) is 0.377. The van der Waals surface area contributed by atoms with Crippen LogP contribution in [0.2, 0.25) is 5.02 Å². The molecule has 1 aromatic heterocycles. The Hall–Kier alpha value is -3.17. The number of hydrogen-bond acceptors (Lipinski definition) is 5. The van der Waals surface area contributed by atoms with E-state index in [0.29, 0.717) is 17.1 Å². The van der Waals surface area contributed by atoms with Gasteiger partial charge in [0.05, 0.1) is 17.1 Å².